The highest BCUT2D eigenvalue weighted by Crippen LogP contribution is 2.30. The summed E-state index contributed by atoms with van der Waals surface area (Å²) in [5.74, 6) is -0.555. The van der Waals surface area contributed by atoms with Gasteiger partial charge in [0, 0.05) is 16.6 Å². The quantitative estimate of drug-likeness (QED) is 0.793. The lowest BCUT2D eigenvalue weighted by Crippen LogP contribution is -2.17. The summed E-state index contributed by atoms with van der Waals surface area (Å²) in [5.41, 5.74) is 11.3. The molecule has 0 unspecified atom stereocenters. The Morgan fingerprint density at radius 1 is 1.29 bits per heavy atom. The summed E-state index contributed by atoms with van der Waals surface area (Å²) in [7, 11) is 0. The van der Waals surface area contributed by atoms with Gasteiger partial charge >= 0.3 is 0 Å². The topological polar surface area (TPSA) is 52.0 Å². The van der Waals surface area contributed by atoms with E-state index in [4.69, 9.17) is 34.7 Å². The first-order valence-corrected chi connectivity index (χ1v) is 4.92. The molecule has 0 radical (unpaired) electrons. The second-order valence-electron chi connectivity index (χ2n) is 2.94. The summed E-state index contributed by atoms with van der Waals surface area (Å²) in [6.07, 6.45) is 0.469. The number of benzene rings is 1. The minimum atomic E-state index is -0.555. The molecule has 1 aromatic rings. The number of rotatable bonds is 3. The normalized spacial score (nSPS) is 12.9. The molecular formula is C9H11Cl2FN2. The molecule has 1 rings (SSSR count). The fraction of sp³-hybridized carbons (Fsp3) is 0.333. The molecule has 1 atom stereocenters. The molecule has 0 spiro atoms. The van der Waals surface area contributed by atoms with Crippen LogP contribution < -0.4 is 11.5 Å². The van der Waals surface area contributed by atoms with Crippen molar-refractivity contribution < 1.29 is 4.39 Å². The molecule has 5 heteroatoms. The van der Waals surface area contributed by atoms with E-state index in [2.05, 4.69) is 0 Å². The van der Waals surface area contributed by atoms with Crippen molar-refractivity contribution in [1.82, 2.24) is 0 Å². The third-order valence-corrected chi connectivity index (χ3v) is 2.55. The Balaban J connectivity index is 3.11. The van der Waals surface area contributed by atoms with E-state index >= 15 is 0 Å². The molecule has 0 saturated carbocycles. The van der Waals surface area contributed by atoms with E-state index in [0.29, 0.717) is 13.0 Å². The zero-order valence-corrected chi connectivity index (χ0v) is 8.95. The van der Waals surface area contributed by atoms with Gasteiger partial charge in [-0.15, -0.1) is 0 Å². The van der Waals surface area contributed by atoms with Gasteiger partial charge in [0.05, 0.1) is 5.02 Å². The van der Waals surface area contributed by atoms with Crippen molar-refractivity contribution in [3.8, 4) is 0 Å². The number of nitrogens with two attached hydrogens (primary N) is 2. The van der Waals surface area contributed by atoms with Gasteiger partial charge in [0.1, 0.15) is 5.82 Å². The molecule has 4 N–H and O–H groups in total. The summed E-state index contributed by atoms with van der Waals surface area (Å²) >= 11 is 11.4. The van der Waals surface area contributed by atoms with E-state index in [1.807, 2.05) is 0 Å². The molecular weight excluding hydrogens is 226 g/mol. The van der Waals surface area contributed by atoms with Crippen LogP contribution in [0, 0.1) is 5.82 Å². The summed E-state index contributed by atoms with van der Waals surface area (Å²) in [6.45, 7) is 0.378. The Kier molecular flexibility index (Phi) is 4.13. The molecule has 2 nitrogen and oxygen atoms in total. The lowest BCUT2D eigenvalue weighted by molar-refractivity contribution is 0.568. The van der Waals surface area contributed by atoms with Gasteiger partial charge in [-0.2, -0.15) is 0 Å². The third-order valence-electron chi connectivity index (χ3n) is 1.93. The van der Waals surface area contributed by atoms with Crippen molar-refractivity contribution in [3.05, 3.63) is 33.6 Å². The Labute approximate surface area is 92.0 Å². The van der Waals surface area contributed by atoms with Crippen molar-refractivity contribution in [2.75, 3.05) is 6.54 Å². The first-order valence-electron chi connectivity index (χ1n) is 4.17. The van der Waals surface area contributed by atoms with E-state index in [1.165, 1.54) is 12.1 Å². The van der Waals surface area contributed by atoms with Crippen molar-refractivity contribution >= 4 is 23.2 Å². The van der Waals surface area contributed by atoms with Gasteiger partial charge in [0.15, 0.2) is 0 Å². The third kappa shape index (κ3) is 2.36. The average Bonchev–Trinajstić information content (AvgIpc) is 2.13. The van der Waals surface area contributed by atoms with Crippen molar-refractivity contribution in [1.29, 1.82) is 0 Å². The smallest absolute Gasteiger partial charge is 0.148 e. The first-order chi connectivity index (χ1) is 6.57. The second kappa shape index (κ2) is 4.94. The molecule has 14 heavy (non-hydrogen) atoms. The summed E-state index contributed by atoms with van der Waals surface area (Å²) < 4.78 is 13.5. The zero-order valence-electron chi connectivity index (χ0n) is 7.43. The SMILES string of the molecule is NCC[C@H](N)c1c(Cl)ccc(Cl)c1F. The lowest BCUT2D eigenvalue weighted by Gasteiger charge is -2.14. The maximum atomic E-state index is 13.5. The van der Waals surface area contributed by atoms with E-state index in [1.54, 1.807) is 0 Å². The van der Waals surface area contributed by atoms with Gasteiger partial charge in [-0.05, 0) is 25.1 Å². The van der Waals surface area contributed by atoms with Crippen LogP contribution >= 0.6 is 23.2 Å². The fourth-order valence-electron chi connectivity index (χ4n) is 1.21. The molecule has 0 saturated heterocycles. The minimum Gasteiger partial charge on any atom is -0.330 e. The van der Waals surface area contributed by atoms with Crippen LogP contribution in [-0.4, -0.2) is 6.54 Å². The van der Waals surface area contributed by atoms with E-state index in [9.17, 15) is 4.39 Å². The van der Waals surface area contributed by atoms with Crippen LogP contribution in [0.15, 0.2) is 12.1 Å². The molecule has 0 aromatic heterocycles. The zero-order chi connectivity index (χ0) is 10.7. The molecule has 0 aliphatic carbocycles. The Morgan fingerprint density at radius 3 is 2.43 bits per heavy atom. The molecule has 0 aliphatic rings. The highest BCUT2D eigenvalue weighted by molar-refractivity contribution is 6.33. The van der Waals surface area contributed by atoms with Crippen LogP contribution in [-0.2, 0) is 0 Å². The molecule has 78 valence electrons. The molecule has 0 bridgehead atoms. The summed E-state index contributed by atoms with van der Waals surface area (Å²) in [5, 5.41) is 0.310. The number of hydrogen-bond acceptors (Lipinski definition) is 2. The molecule has 0 heterocycles. The van der Waals surface area contributed by atoms with Crippen LogP contribution in [0.4, 0.5) is 4.39 Å². The molecule has 0 aliphatic heterocycles. The van der Waals surface area contributed by atoms with Crippen LogP contribution in [0.25, 0.3) is 0 Å². The van der Waals surface area contributed by atoms with Crippen LogP contribution in [0.3, 0.4) is 0 Å². The van der Waals surface area contributed by atoms with Crippen LogP contribution in [0.2, 0.25) is 10.0 Å². The molecule has 1 aromatic carbocycles. The van der Waals surface area contributed by atoms with Gasteiger partial charge < -0.3 is 11.5 Å². The lowest BCUT2D eigenvalue weighted by atomic mass is 10.0. The number of halogens is 3. The second-order valence-corrected chi connectivity index (χ2v) is 3.76. The number of hydrogen-bond donors (Lipinski definition) is 2. The Morgan fingerprint density at radius 2 is 1.86 bits per heavy atom. The van der Waals surface area contributed by atoms with Gasteiger partial charge in [-0.1, -0.05) is 23.2 Å². The summed E-state index contributed by atoms with van der Waals surface area (Å²) in [4.78, 5) is 0. The largest absolute Gasteiger partial charge is 0.330 e. The van der Waals surface area contributed by atoms with Crippen molar-refractivity contribution in [2.24, 2.45) is 11.5 Å². The average molecular weight is 237 g/mol. The fourth-order valence-corrected chi connectivity index (χ4v) is 1.66. The predicted molar refractivity (Wildman–Crippen MR) is 57.0 cm³/mol. The standard InChI is InChI=1S/C9H11Cl2FN2/c10-5-1-2-6(11)9(12)8(5)7(14)3-4-13/h1-2,7H,3-4,13-14H2/t7-/m0/s1. The monoisotopic (exact) mass is 236 g/mol. The molecule has 0 amide bonds. The maximum Gasteiger partial charge on any atom is 0.148 e. The Bertz CT molecular complexity index is 331. The van der Waals surface area contributed by atoms with Gasteiger partial charge in [-0.25, -0.2) is 4.39 Å². The van der Waals surface area contributed by atoms with Gasteiger partial charge in [0.2, 0.25) is 0 Å². The van der Waals surface area contributed by atoms with Gasteiger partial charge in [0.25, 0.3) is 0 Å². The highest BCUT2D eigenvalue weighted by Gasteiger charge is 2.17. The maximum absolute atomic E-state index is 13.5. The first kappa shape index (κ1) is 11.7. The van der Waals surface area contributed by atoms with Crippen molar-refractivity contribution in [2.45, 2.75) is 12.5 Å². The van der Waals surface area contributed by atoms with Crippen molar-refractivity contribution in [3.63, 3.8) is 0 Å². The van der Waals surface area contributed by atoms with Crippen LogP contribution in [0.5, 0.6) is 0 Å². The Hall–Kier alpha value is -0.350. The van der Waals surface area contributed by atoms with E-state index < -0.39 is 11.9 Å². The summed E-state index contributed by atoms with van der Waals surface area (Å²) in [6, 6.07) is 2.42. The highest BCUT2D eigenvalue weighted by atomic mass is 35.5. The predicted octanol–water partition coefficient (Wildman–Crippen LogP) is 2.48. The minimum absolute atomic E-state index is 0.0249. The molecule has 0 fully saturated rings. The van der Waals surface area contributed by atoms with E-state index in [-0.39, 0.29) is 15.6 Å². The van der Waals surface area contributed by atoms with Gasteiger partial charge in [-0.3, -0.25) is 0 Å². The van der Waals surface area contributed by atoms with Crippen LogP contribution in [0.1, 0.15) is 18.0 Å². The van der Waals surface area contributed by atoms with E-state index in [0.717, 1.165) is 0 Å².